The number of benzene rings is 3. The molecule has 3 heteroatoms. The monoisotopic (exact) mass is 345 g/mol. The van der Waals surface area contributed by atoms with Crippen LogP contribution in [-0.4, -0.2) is 0 Å². The molecule has 0 atom stereocenters. The van der Waals surface area contributed by atoms with Crippen molar-refractivity contribution in [3.63, 3.8) is 0 Å². The lowest BCUT2D eigenvalue weighted by molar-refractivity contribution is 0.254. The highest BCUT2D eigenvalue weighted by molar-refractivity contribution is 5.64. The lowest BCUT2D eigenvalue weighted by atomic mass is 10.1. The molecule has 0 saturated carbocycles. The first-order chi connectivity index (χ1) is 12.8. The number of ether oxygens (including phenoxy) is 2. The molecule has 0 aliphatic rings. The summed E-state index contributed by atoms with van der Waals surface area (Å²) >= 11 is 0. The Morgan fingerprint density at radius 1 is 0.731 bits per heavy atom. The van der Waals surface area contributed by atoms with Crippen LogP contribution in [0.4, 0.5) is 0 Å². The highest BCUT2D eigenvalue weighted by Crippen LogP contribution is 2.36. The zero-order valence-electron chi connectivity index (χ0n) is 14.9. The maximum absolute atomic E-state index is 6.14. The summed E-state index contributed by atoms with van der Waals surface area (Å²) in [7, 11) is 0. The molecule has 0 aliphatic carbocycles. The summed E-state index contributed by atoms with van der Waals surface area (Å²) in [6.07, 6.45) is 3.34. The molecule has 0 fully saturated rings. The van der Waals surface area contributed by atoms with Gasteiger partial charge in [-0.1, -0.05) is 72.8 Å². The van der Waals surface area contributed by atoms with Gasteiger partial charge in [-0.3, -0.25) is 0 Å². The summed E-state index contributed by atoms with van der Waals surface area (Å²) in [4.78, 5) is 0. The Bertz CT molecular complexity index is 858. The molecule has 2 N–H and O–H groups in total. The highest BCUT2D eigenvalue weighted by atomic mass is 16.5. The van der Waals surface area contributed by atoms with Crippen molar-refractivity contribution in [2.75, 3.05) is 0 Å². The van der Waals surface area contributed by atoms with E-state index in [-0.39, 0.29) is 0 Å². The lowest BCUT2D eigenvalue weighted by Crippen LogP contribution is -2.03. The highest BCUT2D eigenvalue weighted by Gasteiger charge is 2.14. The van der Waals surface area contributed by atoms with Gasteiger partial charge < -0.3 is 15.2 Å². The van der Waals surface area contributed by atoms with Crippen LogP contribution in [0.25, 0.3) is 6.08 Å². The average molecular weight is 345 g/mol. The quantitative estimate of drug-likeness (QED) is 0.649. The summed E-state index contributed by atoms with van der Waals surface area (Å²) in [5, 5.41) is 0. The molecule has 26 heavy (non-hydrogen) atoms. The van der Waals surface area contributed by atoms with Crippen molar-refractivity contribution in [2.24, 2.45) is 5.73 Å². The first kappa shape index (κ1) is 17.6. The van der Waals surface area contributed by atoms with Crippen LogP contribution in [0, 0.1) is 6.92 Å². The molecule has 0 bridgehead atoms. The smallest absolute Gasteiger partial charge is 0.169 e. The second kappa shape index (κ2) is 8.77. The number of aryl methyl sites for hydroxylation is 1. The van der Waals surface area contributed by atoms with Crippen LogP contribution in [0.1, 0.15) is 22.3 Å². The van der Waals surface area contributed by atoms with Crippen LogP contribution in [-0.2, 0) is 13.2 Å². The largest absolute Gasteiger partial charge is 0.485 e. The van der Waals surface area contributed by atoms with Gasteiger partial charge in [0.2, 0.25) is 0 Å². The topological polar surface area (TPSA) is 44.5 Å². The van der Waals surface area contributed by atoms with Crippen LogP contribution >= 0.6 is 0 Å². The van der Waals surface area contributed by atoms with Crippen molar-refractivity contribution < 1.29 is 9.47 Å². The van der Waals surface area contributed by atoms with Gasteiger partial charge in [-0.05, 0) is 35.9 Å². The number of rotatable bonds is 7. The molecule has 0 unspecified atom stereocenters. The van der Waals surface area contributed by atoms with Crippen molar-refractivity contribution in [3.8, 4) is 11.5 Å². The van der Waals surface area contributed by atoms with E-state index in [0.717, 1.165) is 28.0 Å². The van der Waals surface area contributed by atoms with E-state index >= 15 is 0 Å². The SMILES string of the molecule is Cc1ccc(/C=C/N)c(OCc2ccccc2)c1OCc1ccccc1. The van der Waals surface area contributed by atoms with E-state index in [2.05, 4.69) is 0 Å². The van der Waals surface area contributed by atoms with Gasteiger partial charge in [0, 0.05) is 5.56 Å². The molecule has 132 valence electrons. The average Bonchev–Trinajstić information content (AvgIpc) is 2.69. The Morgan fingerprint density at radius 2 is 1.27 bits per heavy atom. The third-order valence-electron chi connectivity index (χ3n) is 4.07. The summed E-state index contributed by atoms with van der Waals surface area (Å²) in [6.45, 7) is 2.97. The second-order valence-electron chi connectivity index (χ2n) is 6.04. The fourth-order valence-corrected chi connectivity index (χ4v) is 2.70. The van der Waals surface area contributed by atoms with Gasteiger partial charge in [-0.25, -0.2) is 0 Å². The van der Waals surface area contributed by atoms with Crippen LogP contribution in [0.5, 0.6) is 11.5 Å². The minimum absolute atomic E-state index is 0.470. The predicted octanol–water partition coefficient (Wildman–Crippen LogP) is 5.08. The number of nitrogens with two attached hydrogens (primary N) is 1. The normalized spacial score (nSPS) is 10.8. The van der Waals surface area contributed by atoms with Gasteiger partial charge >= 0.3 is 0 Å². The number of hydrogen-bond donors (Lipinski definition) is 1. The molecule has 0 heterocycles. The van der Waals surface area contributed by atoms with Gasteiger partial charge in [0.25, 0.3) is 0 Å². The summed E-state index contributed by atoms with van der Waals surface area (Å²) in [6, 6.07) is 24.2. The van der Waals surface area contributed by atoms with Crippen LogP contribution in [0.3, 0.4) is 0 Å². The van der Waals surface area contributed by atoms with E-state index in [9.17, 15) is 0 Å². The van der Waals surface area contributed by atoms with Crippen LogP contribution in [0.2, 0.25) is 0 Å². The van der Waals surface area contributed by atoms with Crippen molar-refractivity contribution >= 4 is 6.08 Å². The van der Waals surface area contributed by atoms with E-state index in [1.165, 1.54) is 6.20 Å². The third kappa shape index (κ3) is 4.45. The van der Waals surface area contributed by atoms with Crippen molar-refractivity contribution in [1.29, 1.82) is 0 Å². The first-order valence-electron chi connectivity index (χ1n) is 8.63. The first-order valence-corrected chi connectivity index (χ1v) is 8.63. The molecular formula is C23H23NO2. The third-order valence-corrected chi connectivity index (χ3v) is 4.07. The van der Waals surface area contributed by atoms with E-state index < -0.39 is 0 Å². The summed E-state index contributed by atoms with van der Waals surface area (Å²) in [5.41, 5.74) is 9.75. The lowest BCUT2D eigenvalue weighted by Gasteiger charge is -2.17. The van der Waals surface area contributed by atoms with Crippen LogP contribution in [0.15, 0.2) is 79.0 Å². The van der Waals surface area contributed by atoms with Crippen molar-refractivity contribution in [1.82, 2.24) is 0 Å². The molecule has 0 aliphatic heterocycles. The van der Waals surface area contributed by atoms with E-state index in [0.29, 0.717) is 19.0 Å². The predicted molar refractivity (Wildman–Crippen MR) is 106 cm³/mol. The fraction of sp³-hybridized carbons (Fsp3) is 0.130. The molecule has 0 saturated heterocycles. The fourth-order valence-electron chi connectivity index (χ4n) is 2.70. The summed E-state index contributed by atoms with van der Waals surface area (Å²) < 4.78 is 12.3. The number of hydrogen-bond acceptors (Lipinski definition) is 3. The molecule has 0 spiro atoms. The molecule has 0 radical (unpaired) electrons. The minimum atomic E-state index is 0.470. The van der Waals surface area contributed by atoms with Gasteiger partial charge in [0.1, 0.15) is 13.2 Å². The Balaban J connectivity index is 1.87. The molecule has 3 aromatic carbocycles. The molecule has 0 amide bonds. The van der Waals surface area contributed by atoms with Crippen molar-refractivity contribution in [3.05, 3.63) is 101 Å². The van der Waals surface area contributed by atoms with Gasteiger partial charge in [-0.2, -0.15) is 0 Å². The van der Waals surface area contributed by atoms with Crippen LogP contribution < -0.4 is 15.2 Å². The molecule has 3 nitrogen and oxygen atoms in total. The Hall–Kier alpha value is -3.20. The molecule has 3 rings (SSSR count). The van der Waals surface area contributed by atoms with Gasteiger partial charge in [0.15, 0.2) is 11.5 Å². The maximum atomic E-state index is 6.14. The Kier molecular flexibility index (Phi) is 5.94. The molecule has 3 aromatic rings. The van der Waals surface area contributed by atoms with E-state index in [1.54, 1.807) is 0 Å². The van der Waals surface area contributed by atoms with E-state index in [1.807, 2.05) is 85.8 Å². The second-order valence-corrected chi connectivity index (χ2v) is 6.04. The Morgan fingerprint density at radius 3 is 1.81 bits per heavy atom. The summed E-state index contributed by atoms with van der Waals surface area (Å²) in [5.74, 6) is 1.46. The van der Waals surface area contributed by atoms with E-state index in [4.69, 9.17) is 15.2 Å². The van der Waals surface area contributed by atoms with Gasteiger partial charge in [0.05, 0.1) is 0 Å². The zero-order valence-corrected chi connectivity index (χ0v) is 14.9. The maximum Gasteiger partial charge on any atom is 0.169 e. The minimum Gasteiger partial charge on any atom is -0.485 e. The van der Waals surface area contributed by atoms with Gasteiger partial charge in [-0.15, -0.1) is 0 Å². The molecule has 0 aromatic heterocycles. The van der Waals surface area contributed by atoms with Crippen molar-refractivity contribution in [2.45, 2.75) is 20.1 Å². The zero-order chi connectivity index (χ0) is 18.2. The Labute approximate surface area is 154 Å². The molecular weight excluding hydrogens is 322 g/mol. The standard InChI is InChI=1S/C23H23NO2/c1-18-12-13-21(14-15-24)23(26-17-20-10-6-3-7-11-20)22(18)25-16-19-8-4-2-5-9-19/h2-15H,16-17,24H2,1H3/b15-14+.